The zero-order chi connectivity index (χ0) is 28.6. The average Bonchev–Trinajstić information content (AvgIpc) is 3.25. The molecule has 218 valence electrons. The predicted octanol–water partition coefficient (Wildman–Crippen LogP) is 12.3. The highest BCUT2D eigenvalue weighted by molar-refractivity contribution is 5.82. The van der Waals surface area contributed by atoms with E-state index in [0.29, 0.717) is 0 Å². The highest BCUT2D eigenvalue weighted by Crippen LogP contribution is 2.44. The number of allylic oxidation sites excluding steroid dienone is 2. The van der Waals surface area contributed by atoms with Gasteiger partial charge in [0, 0.05) is 22.3 Å². The molecule has 0 fully saturated rings. The molecule has 0 saturated heterocycles. The predicted molar refractivity (Wildman–Crippen MR) is 174 cm³/mol. The first-order valence-corrected chi connectivity index (χ1v) is 16.8. The van der Waals surface area contributed by atoms with Crippen molar-refractivity contribution in [2.45, 2.75) is 143 Å². The van der Waals surface area contributed by atoms with Gasteiger partial charge in [-0.25, -0.2) is 4.70 Å². The lowest BCUT2D eigenvalue weighted by Gasteiger charge is -2.12. The minimum atomic E-state index is 1.02. The molecule has 0 radical (unpaired) electrons. The Bertz CT molecular complexity index is 1120. The maximum absolute atomic E-state index is 11.9. The first kappa shape index (κ1) is 32.0. The maximum atomic E-state index is 11.9. The summed E-state index contributed by atoms with van der Waals surface area (Å²) in [5, 5.41) is 0. The standard InChI is InChI=1S/C38H56N2/c1-5-9-13-15-16-18-22-32-24-20-26-34(30-32)38-36(28-12-8-4)35(27-11-7-3)37(40(38)39)33-25-19-23-31(29-33)21-17-14-10-6-2/h19-20,23-26,29-30H,5-18,21-22,27-28H2,1-4H3. The fourth-order valence-electron chi connectivity index (χ4n) is 6.11. The Hall–Kier alpha value is -2.48. The fourth-order valence-corrected chi connectivity index (χ4v) is 6.11. The van der Waals surface area contributed by atoms with Gasteiger partial charge in [0.15, 0.2) is 0 Å². The summed E-state index contributed by atoms with van der Waals surface area (Å²) in [6, 6.07) is 18.0. The van der Waals surface area contributed by atoms with Crippen LogP contribution >= 0.6 is 0 Å². The molecular formula is C38H56N2. The van der Waals surface area contributed by atoms with Crippen molar-refractivity contribution in [2.24, 2.45) is 0 Å². The van der Waals surface area contributed by atoms with Crippen molar-refractivity contribution in [3.05, 3.63) is 87.5 Å². The van der Waals surface area contributed by atoms with E-state index in [0.717, 1.165) is 73.9 Å². The summed E-state index contributed by atoms with van der Waals surface area (Å²) < 4.78 is 1.57. The minimum absolute atomic E-state index is 1.02. The van der Waals surface area contributed by atoms with Gasteiger partial charge in [-0.15, -0.1) is 0 Å². The number of aryl methyl sites for hydroxylation is 2. The third-order valence-corrected chi connectivity index (χ3v) is 8.46. The van der Waals surface area contributed by atoms with Gasteiger partial charge in [0.1, 0.15) is 0 Å². The number of hydrogen-bond donors (Lipinski definition) is 0. The van der Waals surface area contributed by atoms with Crippen molar-refractivity contribution < 1.29 is 4.70 Å². The zero-order valence-corrected chi connectivity index (χ0v) is 26.2. The molecular weight excluding hydrogens is 484 g/mol. The third kappa shape index (κ3) is 9.28. The lowest BCUT2D eigenvalue weighted by Crippen LogP contribution is -2.03. The zero-order valence-electron chi connectivity index (χ0n) is 26.2. The van der Waals surface area contributed by atoms with Crippen LogP contribution in [0.4, 0.5) is 0 Å². The van der Waals surface area contributed by atoms with Crippen molar-refractivity contribution in [3.8, 4) is 0 Å². The Kier molecular flexibility index (Phi) is 14.5. The lowest BCUT2D eigenvalue weighted by atomic mass is 9.91. The SMILES string of the molecule is CCCCCCCCc1cccc(C2=C(CCCC)C(CCCC)=C(c3cccc(CCCCCC)c3)[N+]2=[N-])c1. The number of nitrogens with zero attached hydrogens (tertiary/aromatic N) is 2. The highest BCUT2D eigenvalue weighted by Gasteiger charge is 2.35. The fraction of sp³-hybridized carbons (Fsp3) is 0.579. The van der Waals surface area contributed by atoms with Gasteiger partial charge in [0.2, 0.25) is 11.4 Å². The summed E-state index contributed by atoms with van der Waals surface area (Å²) in [6.07, 6.45) is 21.9. The van der Waals surface area contributed by atoms with Gasteiger partial charge in [-0.05, 0) is 86.8 Å². The molecule has 0 saturated carbocycles. The Balaban J connectivity index is 1.92. The van der Waals surface area contributed by atoms with Crippen LogP contribution in [-0.4, -0.2) is 4.70 Å². The van der Waals surface area contributed by atoms with Crippen LogP contribution in [0.25, 0.3) is 16.9 Å². The van der Waals surface area contributed by atoms with Crippen molar-refractivity contribution in [2.75, 3.05) is 0 Å². The van der Waals surface area contributed by atoms with Crippen molar-refractivity contribution >= 4 is 11.4 Å². The molecule has 0 N–H and O–H groups in total. The quantitative estimate of drug-likeness (QED) is 0.118. The molecule has 3 rings (SSSR count). The molecule has 2 nitrogen and oxygen atoms in total. The highest BCUT2D eigenvalue weighted by atomic mass is 15.2. The van der Waals surface area contributed by atoms with Crippen LogP contribution in [0.15, 0.2) is 59.7 Å². The largest absolute Gasteiger partial charge is 0.493 e. The smallest absolute Gasteiger partial charge is 0.211 e. The second kappa shape index (κ2) is 18.1. The number of rotatable bonds is 20. The lowest BCUT2D eigenvalue weighted by molar-refractivity contribution is -0.345. The molecule has 0 aliphatic carbocycles. The first-order chi connectivity index (χ1) is 19.6. The van der Waals surface area contributed by atoms with Gasteiger partial charge < -0.3 is 5.53 Å². The summed E-state index contributed by atoms with van der Waals surface area (Å²) in [5.74, 6) is 0. The molecule has 2 aromatic rings. The van der Waals surface area contributed by atoms with E-state index in [2.05, 4.69) is 76.2 Å². The van der Waals surface area contributed by atoms with Gasteiger partial charge in [-0.3, -0.25) is 0 Å². The number of hydrogen-bond acceptors (Lipinski definition) is 0. The molecule has 0 bridgehead atoms. The van der Waals surface area contributed by atoms with Crippen molar-refractivity contribution in [1.82, 2.24) is 0 Å². The molecule has 0 spiro atoms. The summed E-state index contributed by atoms with van der Waals surface area (Å²) in [4.78, 5) is 0. The van der Waals surface area contributed by atoms with Gasteiger partial charge in [0.25, 0.3) is 0 Å². The molecule has 0 amide bonds. The number of benzene rings is 2. The van der Waals surface area contributed by atoms with Gasteiger partial charge in [-0.2, -0.15) is 0 Å². The van der Waals surface area contributed by atoms with Gasteiger partial charge in [-0.1, -0.05) is 116 Å². The molecule has 2 aromatic carbocycles. The summed E-state index contributed by atoms with van der Waals surface area (Å²) in [7, 11) is 0. The summed E-state index contributed by atoms with van der Waals surface area (Å²) in [6.45, 7) is 9.09. The summed E-state index contributed by atoms with van der Waals surface area (Å²) >= 11 is 0. The molecule has 0 atom stereocenters. The van der Waals surface area contributed by atoms with Gasteiger partial charge in [0.05, 0.1) is 0 Å². The second-order valence-electron chi connectivity index (χ2n) is 11.9. The van der Waals surface area contributed by atoms with Gasteiger partial charge >= 0.3 is 0 Å². The Labute approximate surface area is 246 Å². The van der Waals surface area contributed by atoms with Crippen LogP contribution in [0.5, 0.6) is 0 Å². The second-order valence-corrected chi connectivity index (χ2v) is 11.9. The van der Waals surface area contributed by atoms with Crippen LogP contribution < -0.4 is 0 Å². The molecule has 1 aliphatic rings. The van der Waals surface area contributed by atoms with Crippen molar-refractivity contribution in [3.63, 3.8) is 0 Å². The van der Waals surface area contributed by atoms with E-state index in [9.17, 15) is 5.53 Å². The maximum Gasteiger partial charge on any atom is 0.211 e. The molecule has 1 heterocycles. The van der Waals surface area contributed by atoms with Crippen LogP contribution in [0.2, 0.25) is 0 Å². The van der Waals surface area contributed by atoms with E-state index in [1.807, 2.05) is 0 Å². The van der Waals surface area contributed by atoms with E-state index in [1.54, 1.807) is 4.70 Å². The van der Waals surface area contributed by atoms with Crippen LogP contribution in [0.3, 0.4) is 0 Å². The third-order valence-electron chi connectivity index (χ3n) is 8.46. The minimum Gasteiger partial charge on any atom is -0.493 e. The van der Waals surface area contributed by atoms with E-state index >= 15 is 0 Å². The topological polar surface area (TPSA) is 25.3 Å². The van der Waals surface area contributed by atoms with Crippen molar-refractivity contribution in [1.29, 1.82) is 0 Å². The monoisotopic (exact) mass is 540 g/mol. The van der Waals surface area contributed by atoms with E-state index < -0.39 is 0 Å². The summed E-state index contributed by atoms with van der Waals surface area (Å²) in [5.41, 5.74) is 21.8. The van der Waals surface area contributed by atoms with Crippen LogP contribution in [0.1, 0.15) is 153 Å². The average molecular weight is 541 g/mol. The molecule has 0 unspecified atom stereocenters. The Morgan fingerprint density at radius 3 is 1.32 bits per heavy atom. The molecule has 0 aromatic heterocycles. The van der Waals surface area contributed by atoms with E-state index in [-0.39, 0.29) is 0 Å². The number of unbranched alkanes of at least 4 members (excludes halogenated alkanes) is 10. The molecule has 2 heteroatoms. The van der Waals surface area contributed by atoms with E-state index in [1.165, 1.54) is 86.5 Å². The van der Waals surface area contributed by atoms with E-state index in [4.69, 9.17) is 0 Å². The Morgan fingerprint density at radius 1 is 0.475 bits per heavy atom. The Morgan fingerprint density at radius 2 is 0.875 bits per heavy atom. The molecule has 1 aliphatic heterocycles. The van der Waals surface area contributed by atoms with Crippen LogP contribution in [0, 0.1) is 0 Å². The molecule has 40 heavy (non-hydrogen) atoms. The first-order valence-electron chi connectivity index (χ1n) is 16.8. The van der Waals surface area contributed by atoms with Crippen LogP contribution in [-0.2, 0) is 12.8 Å². The normalized spacial score (nSPS) is 13.7.